The minimum Gasteiger partial charge on any atom is -0.350 e. The van der Waals surface area contributed by atoms with E-state index in [1.165, 1.54) is 12.3 Å². The molecular weight excluding hydrogens is 234 g/mol. The number of amides is 1. The van der Waals surface area contributed by atoms with Gasteiger partial charge in [0.25, 0.3) is 11.6 Å². The zero-order valence-electron chi connectivity index (χ0n) is 10.2. The fraction of sp³-hybridized carbons (Fsp3) is 0.417. The second kappa shape index (κ2) is 6.45. The van der Waals surface area contributed by atoms with E-state index in [-0.39, 0.29) is 11.6 Å². The summed E-state index contributed by atoms with van der Waals surface area (Å²) in [6, 6.07) is 1.28. The number of carbonyl (C=O) groups is 1. The van der Waals surface area contributed by atoms with Crippen molar-refractivity contribution >= 4 is 11.6 Å². The molecule has 1 amide bonds. The molecule has 1 rings (SSSR count). The molecule has 0 aliphatic heterocycles. The van der Waals surface area contributed by atoms with E-state index in [9.17, 15) is 14.9 Å². The zero-order valence-corrected chi connectivity index (χ0v) is 10.2. The first-order valence-corrected chi connectivity index (χ1v) is 5.66. The van der Waals surface area contributed by atoms with Crippen LogP contribution >= 0.6 is 0 Å². The SMILES string of the molecule is C#CCCNC(=O)c1cc([N+](=O)[O-])cn1CCC. The molecular formula is C12H15N3O3. The van der Waals surface area contributed by atoms with Gasteiger partial charge >= 0.3 is 0 Å². The van der Waals surface area contributed by atoms with Gasteiger partial charge in [0.15, 0.2) is 0 Å². The molecule has 1 N–H and O–H groups in total. The van der Waals surface area contributed by atoms with Gasteiger partial charge in [0.2, 0.25) is 0 Å². The molecule has 1 aromatic heterocycles. The molecule has 0 aliphatic carbocycles. The molecule has 0 bridgehead atoms. The topological polar surface area (TPSA) is 77.2 Å². The molecule has 0 unspecified atom stereocenters. The number of aryl methyl sites for hydroxylation is 1. The molecule has 0 saturated carbocycles. The monoisotopic (exact) mass is 249 g/mol. The van der Waals surface area contributed by atoms with Crippen LogP contribution in [-0.4, -0.2) is 21.9 Å². The number of nitrogens with one attached hydrogen (secondary N) is 1. The van der Waals surface area contributed by atoms with Crippen LogP contribution in [0.2, 0.25) is 0 Å². The fourth-order valence-electron chi connectivity index (χ4n) is 1.55. The van der Waals surface area contributed by atoms with Gasteiger partial charge in [-0.3, -0.25) is 14.9 Å². The highest BCUT2D eigenvalue weighted by Gasteiger charge is 2.18. The lowest BCUT2D eigenvalue weighted by Gasteiger charge is -2.06. The highest BCUT2D eigenvalue weighted by molar-refractivity contribution is 5.93. The molecule has 0 fully saturated rings. The van der Waals surface area contributed by atoms with Gasteiger partial charge in [-0.05, 0) is 6.42 Å². The van der Waals surface area contributed by atoms with Crippen molar-refractivity contribution in [2.75, 3.05) is 6.54 Å². The maximum Gasteiger partial charge on any atom is 0.287 e. The third kappa shape index (κ3) is 3.35. The van der Waals surface area contributed by atoms with Crippen molar-refractivity contribution in [3.63, 3.8) is 0 Å². The molecule has 1 heterocycles. The zero-order chi connectivity index (χ0) is 13.5. The Hall–Kier alpha value is -2.29. The second-order valence-corrected chi connectivity index (χ2v) is 3.74. The summed E-state index contributed by atoms with van der Waals surface area (Å²) in [5, 5.41) is 13.3. The first-order chi connectivity index (χ1) is 8.60. The minimum atomic E-state index is -0.510. The molecule has 96 valence electrons. The number of hydrogen-bond acceptors (Lipinski definition) is 3. The van der Waals surface area contributed by atoms with Gasteiger partial charge in [0.05, 0.1) is 11.1 Å². The van der Waals surface area contributed by atoms with Gasteiger partial charge in [0, 0.05) is 25.6 Å². The van der Waals surface area contributed by atoms with Gasteiger partial charge in [-0.15, -0.1) is 12.3 Å². The van der Waals surface area contributed by atoms with Gasteiger partial charge in [-0.2, -0.15) is 0 Å². The average Bonchev–Trinajstić information content (AvgIpc) is 2.74. The van der Waals surface area contributed by atoms with E-state index < -0.39 is 4.92 Å². The Morgan fingerprint density at radius 2 is 2.39 bits per heavy atom. The number of aromatic nitrogens is 1. The molecule has 0 spiro atoms. The lowest BCUT2D eigenvalue weighted by atomic mass is 10.3. The number of hydrogen-bond donors (Lipinski definition) is 1. The molecule has 0 saturated heterocycles. The highest BCUT2D eigenvalue weighted by atomic mass is 16.6. The van der Waals surface area contributed by atoms with E-state index in [0.29, 0.717) is 25.2 Å². The van der Waals surface area contributed by atoms with Crippen molar-refractivity contribution in [1.29, 1.82) is 0 Å². The predicted octanol–water partition coefficient (Wildman–Crippen LogP) is 1.56. The Labute approximate surface area is 105 Å². The summed E-state index contributed by atoms with van der Waals surface area (Å²) in [4.78, 5) is 22.0. The van der Waals surface area contributed by atoms with Crippen molar-refractivity contribution in [2.24, 2.45) is 0 Å². The predicted molar refractivity (Wildman–Crippen MR) is 67.2 cm³/mol. The molecule has 1 aromatic rings. The van der Waals surface area contributed by atoms with E-state index >= 15 is 0 Å². The van der Waals surface area contributed by atoms with Gasteiger partial charge in [0.1, 0.15) is 5.69 Å². The van der Waals surface area contributed by atoms with E-state index in [4.69, 9.17) is 6.42 Å². The van der Waals surface area contributed by atoms with Crippen LogP contribution in [0.3, 0.4) is 0 Å². The molecule has 6 heteroatoms. The molecule has 6 nitrogen and oxygen atoms in total. The van der Waals surface area contributed by atoms with Crippen LogP contribution in [0.15, 0.2) is 12.3 Å². The van der Waals surface area contributed by atoms with Gasteiger partial charge in [-0.25, -0.2) is 0 Å². The largest absolute Gasteiger partial charge is 0.350 e. The van der Waals surface area contributed by atoms with Crippen molar-refractivity contribution in [2.45, 2.75) is 26.3 Å². The smallest absolute Gasteiger partial charge is 0.287 e. The maximum atomic E-state index is 11.8. The van der Waals surface area contributed by atoms with Crippen molar-refractivity contribution in [3.8, 4) is 12.3 Å². The summed E-state index contributed by atoms with van der Waals surface area (Å²) in [6.45, 7) is 2.86. The standard InChI is InChI=1S/C12H15N3O3/c1-3-5-6-13-12(16)11-8-10(15(17)18)9-14(11)7-4-2/h1,8-9H,4-7H2,2H3,(H,13,16). The van der Waals surface area contributed by atoms with Gasteiger partial charge in [-0.1, -0.05) is 6.92 Å². The van der Waals surface area contributed by atoms with Crippen LogP contribution in [0.4, 0.5) is 5.69 Å². The van der Waals surface area contributed by atoms with E-state index in [1.54, 1.807) is 4.57 Å². The normalized spacial score (nSPS) is 9.78. The van der Waals surface area contributed by atoms with Crippen LogP contribution in [-0.2, 0) is 6.54 Å². The van der Waals surface area contributed by atoms with E-state index in [2.05, 4.69) is 11.2 Å². The number of nitrogens with zero attached hydrogens (tertiary/aromatic N) is 2. The summed E-state index contributed by atoms with van der Waals surface area (Å²) in [5.41, 5.74) is 0.214. The Balaban J connectivity index is 2.88. The summed E-state index contributed by atoms with van der Waals surface area (Å²) in [5.74, 6) is 2.07. The number of rotatable bonds is 6. The second-order valence-electron chi connectivity index (χ2n) is 3.74. The third-order valence-corrected chi connectivity index (χ3v) is 2.35. The maximum absolute atomic E-state index is 11.8. The van der Waals surface area contributed by atoms with Crippen molar-refractivity contribution < 1.29 is 9.72 Å². The molecule has 0 radical (unpaired) electrons. The van der Waals surface area contributed by atoms with Crippen LogP contribution < -0.4 is 5.32 Å². The fourth-order valence-corrected chi connectivity index (χ4v) is 1.55. The number of carbonyl (C=O) groups excluding carboxylic acids is 1. The summed E-state index contributed by atoms with van der Waals surface area (Å²) < 4.78 is 1.59. The molecule has 0 atom stereocenters. The van der Waals surface area contributed by atoms with Crippen molar-refractivity contribution in [1.82, 2.24) is 9.88 Å². The number of terminal acetylenes is 1. The Bertz CT molecular complexity index is 485. The quantitative estimate of drug-likeness (QED) is 0.359. The lowest BCUT2D eigenvalue weighted by Crippen LogP contribution is -2.26. The highest BCUT2D eigenvalue weighted by Crippen LogP contribution is 2.16. The lowest BCUT2D eigenvalue weighted by molar-refractivity contribution is -0.384. The first-order valence-electron chi connectivity index (χ1n) is 5.66. The minimum absolute atomic E-state index is 0.0782. The van der Waals surface area contributed by atoms with Crippen LogP contribution in [0.1, 0.15) is 30.3 Å². The van der Waals surface area contributed by atoms with E-state index in [1.807, 2.05) is 6.92 Å². The average molecular weight is 249 g/mol. The Kier molecular flexibility index (Phi) is 4.93. The Morgan fingerprint density at radius 1 is 1.67 bits per heavy atom. The Morgan fingerprint density at radius 3 is 2.94 bits per heavy atom. The molecule has 0 aliphatic rings. The summed E-state index contributed by atoms with van der Waals surface area (Å²) in [6.07, 6.45) is 7.67. The van der Waals surface area contributed by atoms with Crippen molar-refractivity contribution in [3.05, 3.63) is 28.1 Å². The van der Waals surface area contributed by atoms with Crippen LogP contribution in [0, 0.1) is 22.5 Å². The van der Waals surface area contributed by atoms with Crippen LogP contribution in [0.5, 0.6) is 0 Å². The first kappa shape index (κ1) is 13.8. The molecule has 0 aromatic carbocycles. The molecule has 18 heavy (non-hydrogen) atoms. The summed E-state index contributed by atoms with van der Waals surface area (Å²) in [7, 11) is 0. The number of nitro groups is 1. The van der Waals surface area contributed by atoms with Gasteiger partial charge < -0.3 is 9.88 Å². The van der Waals surface area contributed by atoms with E-state index in [0.717, 1.165) is 6.42 Å². The van der Waals surface area contributed by atoms with Crippen LogP contribution in [0.25, 0.3) is 0 Å². The summed E-state index contributed by atoms with van der Waals surface area (Å²) >= 11 is 0. The third-order valence-electron chi connectivity index (χ3n) is 2.35.